The maximum Gasteiger partial charge on any atom is 0.253 e. The Bertz CT molecular complexity index is 835. The van der Waals surface area contributed by atoms with Gasteiger partial charge in [0.25, 0.3) is 5.56 Å². The van der Waals surface area contributed by atoms with Gasteiger partial charge in [0, 0.05) is 30.7 Å². The summed E-state index contributed by atoms with van der Waals surface area (Å²) in [5, 5.41) is 0.993. The van der Waals surface area contributed by atoms with E-state index in [0.717, 1.165) is 35.9 Å². The van der Waals surface area contributed by atoms with Gasteiger partial charge in [0.1, 0.15) is 0 Å². The number of hydrogen-bond acceptors (Lipinski definition) is 3. The van der Waals surface area contributed by atoms with E-state index in [0.29, 0.717) is 25.1 Å². The molecule has 26 heavy (non-hydrogen) atoms. The van der Waals surface area contributed by atoms with Crippen molar-refractivity contribution in [3.63, 3.8) is 0 Å². The molecule has 140 valence electrons. The second-order valence-corrected chi connectivity index (χ2v) is 7.72. The normalized spacial score (nSPS) is 17.2. The van der Waals surface area contributed by atoms with Crippen LogP contribution in [0.1, 0.15) is 44.2 Å². The number of ether oxygens (including phenoxy) is 1. The molecule has 5 heteroatoms. The maximum atomic E-state index is 12.7. The number of rotatable bonds is 6. The van der Waals surface area contributed by atoms with Crippen LogP contribution in [0.5, 0.6) is 0 Å². The summed E-state index contributed by atoms with van der Waals surface area (Å²) in [7, 11) is 0. The molecule has 0 radical (unpaired) electrons. The van der Waals surface area contributed by atoms with Gasteiger partial charge in [-0.25, -0.2) is 0 Å². The Labute approximate surface area is 154 Å². The molecule has 0 unspecified atom stereocenters. The van der Waals surface area contributed by atoms with E-state index in [1.165, 1.54) is 0 Å². The first-order valence-corrected chi connectivity index (χ1v) is 9.44. The molecule has 1 aliphatic heterocycles. The largest absolute Gasteiger partial charge is 0.376 e. The highest BCUT2D eigenvalue weighted by atomic mass is 16.5. The van der Waals surface area contributed by atoms with Gasteiger partial charge in [0.05, 0.1) is 12.6 Å². The van der Waals surface area contributed by atoms with E-state index in [1.807, 2.05) is 39.0 Å². The second-order valence-electron chi connectivity index (χ2n) is 7.72. The summed E-state index contributed by atoms with van der Waals surface area (Å²) in [6, 6.07) is 7.86. The summed E-state index contributed by atoms with van der Waals surface area (Å²) in [6.07, 6.45) is 2.57. The van der Waals surface area contributed by atoms with E-state index in [4.69, 9.17) is 4.74 Å². The highest BCUT2D eigenvalue weighted by Gasteiger charge is 2.24. The lowest BCUT2D eigenvalue weighted by atomic mass is 10.1. The lowest BCUT2D eigenvalue weighted by Crippen LogP contribution is -2.38. The molecule has 2 heterocycles. The van der Waals surface area contributed by atoms with Crippen LogP contribution < -0.4 is 5.56 Å². The second kappa shape index (κ2) is 8.04. The number of benzene rings is 1. The molecule has 1 fully saturated rings. The predicted octanol–water partition coefficient (Wildman–Crippen LogP) is 3.39. The van der Waals surface area contributed by atoms with Gasteiger partial charge >= 0.3 is 0 Å². The summed E-state index contributed by atoms with van der Waals surface area (Å²) in [5.74, 6) is 0.367. The molecule has 1 aliphatic rings. The van der Waals surface area contributed by atoms with Crippen LogP contribution in [-0.4, -0.2) is 35.0 Å². The van der Waals surface area contributed by atoms with Crippen molar-refractivity contribution in [3.8, 4) is 0 Å². The van der Waals surface area contributed by atoms with Crippen molar-refractivity contribution in [2.45, 2.75) is 52.7 Å². The third-order valence-corrected chi connectivity index (χ3v) is 4.82. The molecule has 3 rings (SSSR count). The first kappa shape index (κ1) is 18.6. The van der Waals surface area contributed by atoms with E-state index >= 15 is 0 Å². The summed E-state index contributed by atoms with van der Waals surface area (Å²) in [4.78, 5) is 30.0. The van der Waals surface area contributed by atoms with Crippen LogP contribution in [-0.2, 0) is 16.1 Å². The molecule has 1 amide bonds. The fourth-order valence-corrected chi connectivity index (χ4v) is 3.46. The first-order valence-electron chi connectivity index (χ1n) is 9.44. The molecular formula is C21H28N2O3. The number of fused-ring (bicyclic) bond motifs is 1. The van der Waals surface area contributed by atoms with Crippen molar-refractivity contribution >= 4 is 16.8 Å². The van der Waals surface area contributed by atoms with Gasteiger partial charge in [0.15, 0.2) is 0 Å². The number of nitrogens with zero attached hydrogens (tertiary/aromatic N) is 1. The van der Waals surface area contributed by atoms with Gasteiger partial charge in [-0.15, -0.1) is 0 Å². The Kier molecular flexibility index (Phi) is 5.77. The number of carbonyl (C=O) groups excluding carboxylic acids is 1. The lowest BCUT2D eigenvalue weighted by molar-refractivity contribution is -0.134. The fourth-order valence-electron chi connectivity index (χ4n) is 3.46. The van der Waals surface area contributed by atoms with Gasteiger partial charge in [-0.3, -0.25) is 9.59 Å². The van der Waals surface area contributed by atoms with E-state index in [1.54, 1.807) is 4.90 Å². The van der Waals surface area contributed by atoms with Gasteiger partial charge < -0.3 is 14.6 Å². The zero-order valence-electron chi connectivity index (χ0n) is 15.9. The van der Waals surface area contributed by atoms with Crippen molar-refractivity contribution < 1.29 is 9.53 Å². The Hall–Kier alpha value is -2.14. The molecule has 0 spiro atoms. The lowest BCUT2D eigenvalue weighted by Gasteiger charge is -2.26. The average molecular weight is 356 g/mol. The number of pyridine rings is 1. The van der Waals surface area contributed by atoms with Crippen LogP contribution in [0, 0.1) is 12.8 Å². The van der Waals surface area contributed by atoms with Gasteiger partial charge in [-0.2, -0.15) is 0 Å². The third-order valence-electron chi connectivity index (χ3n) is 4.82. The van der Waals surface area contributed by atoms with Crippen molar-refractivity contribution in [1.29, 1.82) is 0 Å². The highest BCUT2D eigenvalue weighted by molar-refractivity contribution is 5.80. The highest BCUT2D eigenvalue weighted by Crippen LogP contribution is 2.18. The molecular weight excluding hydrogens is 328 g/mol. The van der Waals surface area contributed by atoms with Crippen LogP contribution in [0.4, 0.5) is 0 Å². The van der Waals surface area contributed by atoms with E-state index in [-0.39, 0.29) is 23.5 Å². The molecule has 1 saturated heterocycles. The van der Waals surface area contributed by atoms with E-state index < -0.39 is 0 Å². The molecule has 0 saturated carbocycles. The number of H-pyrrole nitrogens is 1. The van der Waals surface area contributed by atoms with Crippen molar-refractivity contribution in [1.82, 2.24) is 9.88 Å². The molecule has 1 aromatic heterocycles. The minimum absolute atomic E-state index is 0.0768. The topological polar surface area (TPSA) is 62.4 Å². The third kappa shape index (κ3) is 4.52. The quantitative estimate of drug-likeness (QED) is 0.863. The van der Waals surface area contributed by atoms with Crippen molar-refractivity contribution in [3.05, 3.63) is 45.7 Å². The Morgan fingerprint density at radius 1 is 1.35 bits per heavy atom. The van der Waals surface area contributed by atoms with Crippen LogP contribution >= 0.6 is 0 Å². The molecule has 1 N–H and O–H groups in total. The number of aryl methyl sites for hydroxylation is 1. The average Bonchev–Trinajstić information content (AvgIpc) is 3.07. The van der Waals surface area contributed by atoms with Crippen LogP contribution in [0.2, 0.25) is 0 Å². The zero-order chi connectivity index (χ0) is 18.7. The summed E-state index contributed by atoms with van der Waals surface area (Å²) >= 11 is 0. The molecule has 0 aliphatic carbocycles. The molecule has 1 atom stereocenters. The summed E-state index contributed by atoms with van der Waals surface area (Å²) < 4.78 is 5.71. The minimum Gasteiger partial charge on any atom is -0.376 e. The first-order chi connectivity index (χ1) is 12.4. The van der Waals surface area contributed by atoms with Gasteiger partial charge in [-0.1, -0.05) is 25.5 Å². The zero-order valence-corrected chi connectivity index (χ0v) is 15.9. The number of aromatic nitrogens is 1. The molecule has 2 aromatic rings. The fraction of sp³-hybridized carbons (Fsp3) is 0.524. The SMILES string of the molecule is Cc1ccc2[nH]c(=O)c(CN(C[C@H]3CCCO3)C(=O)CC(C)C)cc2c1. The standard InChI is InChI=1S/C21H28N2O3/c1-14(2)9-20(24)23(13-18-5-4-8-26-18)12-17-11-16-10-15(3)6-7-19(16)22-21(17)25/h6-7,10-11,14,18H,4-5,8-9,12-13H2,1-3H3,(H,22,25)/t18-/m1/s1. The van der Waals surface area contributed by atoms with Crippen LogP contribution in [0.3, 0.4) is 0 Å². The van der Waals surface area contributed by atoms with E-state index in [9.17, 15) is 9.59 Å². The summed E-state index contributed by atoms with van der Waals surface area (Å²) in [5.41, 5.74) is 2.46. The predicted molar refractivity (Wildman–Crippen MR) is 103 cm³/mol. The number of aromatic amines is 1. The van der Waals surface area contributed by atoms with Crippen molar-refractivity contribution in [2.75, 3.05) is 13.2 Å². The number of carbonyl (C=O) groups is 1. The Morgan fingerprint density at radius 3 is 2.85 bits per heavy atom. The number of amides is 1. The number of hydrogen-bond donors (Lipinski definition) is 1. The monoisotopic (exact) mass is 356 g/mol. The smallest absolute Gasteiger partial charge is 0.253 e. The van der Waals surface area contributed by atoms with Gasteiger partial charge in [-0.05, 0) is 49.3 Å². The summed E-state index contributed by atoms with van der Waals surface area (Å²) in [6.45, 7) is 7.73. The van der Waals surface area contributed by atoms with Crippen molar-refractivity contribution in [2.24, 2.45) is 5.92 Å². The maximum absolute atomic E-state index is 12.7. The van der Waals surface area contributed by atoms with Crippen LogP contribution in [0.25, 0.3) is 10.9 Å². The molecule has 0 bridgehead atoms. The van der Waals surface area contributed by atoms with Crippen LogP contribution in [0.15, 0.2) is 29.1 Å². The van der Waals surface area contributed by atoms with Gasteiger partial charge in [0.2, 0.25) is 5.91 Å². The molecule has 5 nitrogen and oxygen atoms in total. The Morgan fingerprint density at radius 2 is 2.15 bits per heavy atom. The van der Waals surface area contributed by atoms with E-state index in [2.05, 4.69) is 11.1 Å². The molecule has 1 aromatic carbocycles. The number of nitrogens with one attached hydrogen (secondary N) is 1. The minimum atomic E-state index is -0.129. The Balaban J connectivity index is 1.86.